The van der Waals surface area contributed by atoms with Crippen molar-refractivity contribution in [1.82, 2.24) is 9.88 Å². The van der Waals surface area contributed by atoms with E-state index in [1.165, 1.54) is 23.1 Å². The molecular weight excluding hydrogens is 396 g/mol. The smallest absolute Gasteiger partial charge is 0.408 e. The summed E-state index contributed by atoms with van der Waals surface area (Å²) in [6, 6.07) is 13.1. The maximum Gasteiger partial charge on any atom is 0.408 e. The Morgan fingerprint density at radius 3 is 2.40 bits per heavy atom. The highest BCUT2D eigenvalue weighted by atomic mass is 19.4. The van der Waals surface area contributed by atoms with Crippen LogP contribution < -0.4 is 4.74 Å². The van der Waals surface area contributed by atoms with Crippen LogP contribution in [0.2, 0.25) is 0 Å². The zero-order valence-electron chi connectivity index (χ0n) is 16.5. The minimum Gasteiger partial charge on any atom is -0.489 e. The molecule has 1 aliphatic rings. The molecule has 2 aromatic carbocycles. The molecule has 1 unspecified atom stereocenters. The SMILES string of the molecule is Cc1cccc2c(OC3CCN(C(c4ccccc4)C(F)(F)F)CC3)cc(F)nc12. The lowest BCUT2D eigenvalue weighted by atomic mass is 10.00. The molecule has 3 nitrogen and oxygen atoms in total. The Hall–Kier alpha value is -2.67. The van der Waals surface area contributed by atoms with E-state index in [9.17, 15) is 17.6 Å². The fourth-order valence-electron chi connectivity index (χ4n) is 4.10. The van der Waals surface area contributed by atoms with Crippen molar-refractivity contribution in [2.75, 3.05) is 13.1 Å². The maximum absolute atomic E-state index is 14.0. The normalized spacial score (nSPS) is 17.2. The van der Waals surface area contributed by atoms with Gasteiger partial charge in [0.05, 0.1) is 5.52 Å². The zero-order chi connectivity index (χ0) is 21.3. The zero-order valence-corrected chi connectivity index (χ0v) is 16.5. The van der Waals surface area contributed by atoms with Crippen molar-refractivity contribution in [3.63, 3.8) is 0 Å². The van der Waals surface area contributed by atoms with Crippen LogP contribution in [-0.2, 0) is 0 Å². The van der Waals surface area contributed by atoms with Crippen LogP contribution in [-0.4, -0.2) is 35.3 Å². The average molecular weight is 418 g/mol. The Morgan fingerprint density at radius 1 is 1.03 bits per heavy atom. The van der Waals surface area contributed by atoms with Gasteiger partial charge in [0.2, 0.25) is 5.95 Å². The number of pyridine rings is 1. The maximum atomic E-state index is 14.0. The Kier molecular flexibility index (Phi) is 5.64. The van der Waals surface area contributed by atoms with Gasteiger partial charge in [-0.1, -0.05) is 42.5 Å². The molecule has 1 aliphatic heterocycles. The quantitative estimate of drug-likeness (QED) is 0.394. The lowest BCUT2D eigenvalue weighted by molar-refractivity contribution is -0.190. The lowest BCUT2D eigenvalue weighted by Gasteiger charge is -2.38. The first kappa shape index (κ1) is 20.6. The van der Waals surface area contributed by atoms with Gasteiger partial charge in [-0.25, -0.2) is 4.98 Å². The van der Waals surface area contributed by atoms with Gasteiger partial charge in [0, 0.05) is 24.5 Å². The summed E-state index contributed by atoms with van der Waals surface area (Å²) in [5, 5.41) is 0.705. The number of ether oxygens (including phenoxy) is 1. The number of hydrogen-bond donors (Lipinski definition) is 0. The summed E-state index contributed by atoms with van der Waals surface area (Å²) in [6.45, 7) is 2.33. The van der Waals surface area contributed by atoms with E-state index in [0.29, 0.717) is 29.5 Å². The molecule has 158 valence electrons. The van der Waals surface area contributed by atoms with Crippen LogP contribution in [0.4, 0.5) is 17.6 Å². The number of halogens is 4. The molecule has 2 heterocycles. The van der Waals surface area contributed by atoms with Crippen LogP contribution in [0.5, 0.6) is 5.75 Å². The number of aryl methyl sites for hydroxylation is 1. The van der Waals surface area contributed by atoms with Crippen molar-refractivity contribution in [2.45, 2.75) is 38.1 Å². The molecule has 1 saturated heterocycles. The van der Waals surface area contributed by atoms with E-state index in [-0.39, 0.29) is 24.8 Å². The fraction of sp³-hybridized carbons (Fsp3) is 0.348. The van der Waals surface area contributed by atoms with E-state index in [4.69, 9.17) is 4.74 Å². The van der Waals surface area contributed by atoms with Gasteiger partial charge >= 0.3 is 6.18 Å². The summed E-state index contributed by atoms with van der Waals surface area (Å²) in [5.41, 5.74) is 1.61. The largest absolute Gasteiger partial charge is 0.489 e. The molecule has 7 heteroatoms. The number of aromatic nitrogens is 1. The number of hydrogen-bond acceptors (Lipinski definition) is 3. The first-order valence-corrected chi connectivity index (χ1v) is 9.91. The van der Waals surface area contributed by atoms with Gasteiger partial charge in [-0.15, -0.1) is 0 Å². The summed E-state index contributed by atoms with van der Waals surface area (Å²) in [4.78, 5) is 5.39. The molecule has 4 rings (SSSR count). The van der Waals surface area contributed by atoms with E-state index < -0.39 is 18.2 Å². The molecule has 0 bridgehead atoms. The van der Waals surface area contributed by atoms with Crippen LogP contribution in [0.1, 0.15) is 30.0 Å². The van der Waals surface area contributed by atoms with Gasteiger partial charge in [-0.05, 0) is 37.0 Å². The third kappa shape index (κ3) is 4.26. The predicted molar refractivity (Wildman–Crippen MR) is 107 cm³/mol. The van der Waals surface area contributed by atoms with E-state index in [1.807, 2.05) is 25.1 Å². The second-order valence-corrected chi connectivity index (χ2v) is 7.62. The summed E-state index contributed by atoms with van der Waals surface area (Å²) in [7, 11) is 0. The Bertz CT molecular complexity index is 1010. The first-order valence-electron chi connectivity index (χ1n) is 9.91. The number of piperidine rings is 1. The van der Waals surface area contributed by atoms with Crippen molar-refractivity contribution in [3.05, 3.63) is 71.7 Å². The summed E-state index contributed by atoms with van der Waals surface area (Å²) < 4.78 is 61.3. The van der Waals surface area contributed by atoms with Gasteiger partial charge in [0.1, 0.15) is 17.9 Å². The lowest BCUT2D eigenvalue weighted by Crippen LogP contribution is -2.45. The molecular formula is C23H22F4N2O. The topological polar surface area (TPSA) is 25.4 Å². The molecule has 1 fully saturated rings. The van der Waals surface area contributed by atoms with Crippen LogP contribution in [0, 0.1) is 12.9 Å². The van der Waals surface area contributed by atoms with Crippen molar-refractivity contribution in [2.24, 2.45) is 0 Å². The van der Waals surface area contributed by atoms with E-state index >= 15 is 0 Å². The summed E-state index contributed by atoms with van der Waals surface area (Å²) >= 11 is 0. The molecule has 0 radical (unpaired) electrons. The van der Waals surface area contributed by atoms with E-state index in [1.54, 1.807) is 18.2 Å². The molecule has 0 spiro atoms. The molecule has 0 aliphatic carbocycles. The Morgan fingerprint density at radius 2 is 1.73 bits per heavy atom. The minimum absolute atomic E-state index is 0.238. The van der Waals surface area contributed by atoms with Gasteiger partial charge in [-0.3, -0.25) is 4.90 Å². The van der Waals surface area contributed by atoms with Gasteiger partial charge in [-0.2, -0.15) is 17.6 Å². The second-order valence-electron chi connectivity index (χ2n) is 7.62. The monoisotopic (exact) mass is 418 g/mol. The molecule has 30 heavy (non-hydrogen) atoms. The van der Waals surface area contributed by atoms with Crippen LogP contribution in [0.3, 0.4) is 0 Å². The number of alkyl halides is 3. The van der Waals surface area contributed by atoms with Crippen molar-refractivity contribution < 1.29 is 22.3 Å². The van der Waals surface area contributed by atoms with Crippen LogP contribution >= 0.6 is 0 Å². The minimum atomic E-state index is -4.36. The number of likely N-dealkylation sites (tertiary alicyclic amines) is 1. The number of fused-ring (bicyclic) bond motifs is 1. The van der Waals surface area contributed by atoms with Gasteiger partial charge in [0.25, 0.3) is 0 Å². The number of benzene rings is 2. The average Bonchev–Trinajstić information content (AvgIpc) is 2.70. The van der Waals surface area contributed by atoms with Crippen molar-refractivity contribution in [1.29, 1.82) is 0 Å². The second kappa shape index (κ2) is 8.22. The standard InChI is InChI=1S/C23H22F4N2O/c1-15-6-5-9-18-19(14-20(24)28-21(15)18)30-17-10-12-29(13-11-17)22(23(25,26)27)16-7-3-2-4-8-16/h2-9,14,17,22H,10-13H2,1H3. The molecule has 1 aromatic heterocycles. The molecule has 0 saturated carbocycles. The van der Waals surface area contributed by atoms with Gasteiger partial charge in [0.15, 0.2) is 0 Å². The van der Waals surface area contributed by atoms with E-state index in [0.717, 1.165) is 5.56 Å². The van der Waals surface area contributed by atoms with Crippen LogP contribution in [0.15, 0.2) is 54.6 Å². The fourth-order valence-corrected chi connectivity index (χ4v) is 4.10. The number of nitrogens with zero attached hydrogens (tertiary/aromatic N) is 2. The molecule has 1 atom stereocenters. The summed E-state index contributed by atoms with van der Waals surface area (Å²) in [5.74, 6) is -0.250. The third-order valence-corrected chi connectivity index (χ3v) is 5.53. The molecule has 0 N–H and O–H groups in total. The van der Waals surface area contributed by atoms with Crippen molar-refractivity contribution >= 4 is 10.9 Å². The Labute approximate surface area is 172 Å². The highest BCUT2D eigenvalue weighted by molar-refractivity contribution is 5.87. The highest BCUT2D eigenvalue weighted by Gasteiger charge is 2.45. The third-order valence-electron chi connectivity index (χ3n) is 5.53. The first-order chi connectivity index (χ1) is 14.3. The molecule has 0 amide bonds. The predicted octanol–water partition coefficient (Wildman–Crippen LogP) is 5.83. The Balaban J connectivity index is 1.50. The van der Waals surface area contributed by atoms with Gasteiger partial charge < -0.3 is 4.74 Å². The number of rotatable bonds is 4. The highest BCUT2D eigenvalue weighted by Crippen LogP contribution is 2.39. The van der Waals surface area contributed by atoms with Crippen LogP contribution in [0.25, 0.3) is 10.9 Å². The summed E-state index contributed by atoms with van der Waals surface area (Å²) in [6.07, 6.45) is -3.79. The number of para-hydroxylation sites is 1. The molecule has 3 aromatic rings. The van der Waals surface area contributed by atoms with E-state index in [2.05, 4.69) is 4.98 Å². The van der Waals surface area contributed by atoms with Crippen molar-refractivity contribution in [3.8, 4) is 5.75 Å².